The second kappa shape index (κ2) is 9.17. The van der Waals surface area contributed by atoms with E-state index in [0.29, 0.717) is 23.0 Å². The van der Waals surface area contributed by atoms with Gasteiger partial charge in [0, 0.05) is 15.5 Å². The predicted molar refractivity (Wildman–Crippen MR) is 114 cm³/mol. The number of anilines is 3. The van der Waals surface area contributed by atoms with Crippen LogP contribution in [-0.2, 0) is 4.79 Å². The molecule has 1 heterocycles. The molecule has 0 saturated heterocycles. The molecule has 1 aromatic heterocycles. The topological polar surface area (TPSA) is 142 Å². The van der Waals surface area contributed by atoms with Gasteiger partial charge in [-0.25, -0.2) is 4.98 Å². The Balaban J connectivity index is 1.87. The van der Waals surface area contributed by atoms with E-state index in [4.69, 9.17) is 10.8 Å². The fourth-order valence-corrected chi connectivity index (χ4v) is 3.49. The molecule has 0 radical (unpaired) electrons. The number of carboxylic acids is 1. The number of fused-ring (bicyclic) bond motifs is 1. The summed E-state index contributed by atoms with van der Waals surface area (Å²) in [5, 5.41) is 31.9. The standard InChI is InChI=1S/C20H21BrN4O4/c21-13-4-5-17-16(9-13)19(22)25-20(24-17)23-14-3-1-2-11(6-14)12(8-18(28)29)7-15(27)10-26/h1-6,9,12,15,26-27H,7-8,10H2,(H,28,29)(H3,22,23,24,25). The molecule has 3 aromatic rings. The van der Waals surface area contributed by atoms with Crippen LogP contribution in [0.15, 0.2) is 46.9 Å². The van der Waals surface area contributed by atoms with Gasteiger partial charge in [-0.15, -0.1) is 0 Å². The van der Waals surface area contributed by atoms with Gasteiger partial charge in [-0.1, -0.05) is 28.1 Å². The molecule has 0 amide bonds. The van der Waals surface area contributed by atoms with Gasteiger partial charge in [-0.05, 0) is 48.2 Å². The van der Waals surface area contributed by atoms with Crippen LogP contribution in [0, 0.1) is 0 Å². The van der Waals surface area contributed by atoms with Gasteiger partial charge >= 0.3 is 5.97 Å². The zero-order valence-electron chi connectivity index (χ0n) is 15.4. The van der Waals surface area contributed by atoms with Crippen molar-refractivity contribution in [3.05, 3.63) is 52.5 Å². The molecule has 29 heavy (non-hydrogen) atoms. The SMILES string of the molecule is Nc1nc(Nc2cccc(C(CC(=O)O)CC(O)CO)c2)nc2ccc(Br)cc12. The lowest BCUT2D eigenvalue weighted by Crippen LogP contribution is -2.18. The fraction of sp³-hybridized carbons (Fsp3) is 0.250. The third-order valence-corrected chi connectivity index (χ3v) is 4.98. The number of aliphatic hydroxyl groups excluding tert-OH is 2. The zero-order valence-corrected chi connectivity index (χ0v) is 17.0. The molecule has 0 aliphatic heterocycles. The van der Waals surface area contributed by atoms with Crippen LogP contribution in [0.3, 0.4) is 0 Å². The molecule has 0 saturated carbocycles. The van der Waals surface area contributed by atoms with E-state index in [0.717, 1.165) is 15.4 Å². The van der Waals surface area contributed by atoms with Crippen molar-refractivity contribution in [1.29, 1.82) is 0 Å². The van der Waals surface area contributed by atoms with Gasteiger partial charge in [0.2, 0.25) is 5.95 Å². The second-order valence-corrected chi connectivity index (χ2v) is 7.63. The van der Waals surface area contributed by atoms with E-state index in [1.807, 2.05) is 18.2 Å². The molecule has 0 fully saturated rings. The Morgan fingerprint density at radius 3 is 2.72 bits per heavy atom. The Labute approximate surface area is 175 Å². The second-order valence-electron chi connectivity index (χ2n) is 6.71. The largest absolute Gasteiger partial charge is 0.481 e. The minimum atomic E-state index is -0.987. The van der Waals surface area contributed by atoms with Gasteiger partial charge in [0.05, 0.1) is 24.6 Å². The normalized spacial score (nSPS) is 13.2. The van der Waals surface area contributed by atoms with E-state index >= 15 is 0 Å². The average Bonchev–Trinajstić information content (AvgIpc) is 2.68. The minimum Gasteiger partial charge on any atom is -0.481 e. The number of halogens is 1. The van der Waals surface area contributed by atoms with E-state index < -0.39 is 24.6 Å². The highest BCUT2D eigenvalue weighted by atomic mass is 79.9. The van der Waals surface area contributed by atoms with Crippen LogP contribution in [-0.4, -0.2) is 44.0 Å². The van der Waals surface area contributed by atoms with Gasteiger partial charge in [0.15, 0.2) is 0 Å². The average molecular weight is 461 g/mol. The lowest BCUT2D eigenvalue weighted by atomic mass is 9.90. The summed E-state index contributed by atoms with van der Waals surface area (Å²) in [6, 6.07) is 12.7. The Hall–Kier alpha value is -2.75. The number of carbonyl (C=O) groups is 1. The number of nitrogens with two attached hydrogens (primary N) is 1. The maximum absolute atomic E-state index is 11.2. The van der Waals surface area contributed by atoms with Gasteiger partial charge in [-0.3, -0.25) is 4.79 Å². The summed E-state index contributed by atoms with van der Waals surface area (Å²) in [6.45, 7) is -0.422. The summed E-state index contributed by atoms with van der Waals surface area (Å²) in [7, 11) is 0. The monoisotopic (exact) mass is 460 g/mol. The third kappa shape index (κ3) is 5.41. The highest BCUT2D eigenvalue weighted by molar-refractivity contribution is 9.10. The quantitative estimate of drug-likeness (QED) is 0.345. The van der Waals surface area contributed by atoms with Crippen LogP contribution in [0.5, 0.6) is 0 Å². The molecule has 6 N–H and O–H groups in total. The number of aliphatic carboxylic acids is 1. The van der Waals surface area contributed by atoms with Crippen molar-refractivity contribution in [2.45, 2.75) is 24.9 Å². The van der Waals surface area contributed by atoms with Crippen molar-refractivity contribution in [3.8, 4) is 0 Å². The maximum atomic E-state index is 11.2. The Morgan fingerprint density at radius 1 is 1.21 bits per heavy atom. The summed E-state index contributed by atoms with van der Waals surface area (Å²) in [5.74, 6) is -0.768. The van der Waals surface area contributed by atoms with Crippen molar-refractivity contribution < 1.29 is 20.1 Å². The first-order valence-electron chi connectivity index (χ1n) is 8.96. The molecule has 8 nitrogen and oxygen atoms in total. The van der Waals surface area contributed by atoms with Crippen LogP contribution in [0.1, 0.15) is 24.3 Å². The van der Waals surface area contributed by atoms with Gasteiger partial charge < -0.3 is 26.4 Å². The number of carboxylic acid groups (broad SMARTS) is 1. The number of rotatable bonds is 8. The van der Waals surface area contributed by atoms with Gasteiger partial charge in [0.25, 0.3) is 0 Å². The summed E-state index contributed by atoms with van der Waals surface area (Å²) in [6.07, 6.45) is -1.01. The van der Waals surface area contributed by atoms with Gasteiger partial charge in [-0.2, -0.15) is 4.98 Å². The van der Waals surface area contributed by atoms with E-state index in [9.17, 15) is 15.0 Å². The molecule has 0 bridgehead atoms. The minimum absolute atomic E-state index is 0.139. The van der Waals surface area contributed by atoms with Crippen LogP contribution in [0.4, 0.5) is 17.5 Å². The first-order chi connectivity index (χ1) is 13.9. The molecule has 3 rings (SSSR count). The number of nitrogens with zero attached hydrogens (tertiary/aromatic N) is 2. The van der Waals surface area contributed by atoms with Crippen LogP contribution >= 0.6 is 15.9 Å². The predicted octanol–water partition coefficient (Wildman–Crippen LogP) is 3.02. The van der Waals surface area contributed by atoms with Crippen LogP contribution in [0.2, 0.25) is 0 Å². The number of hydrogen-bond donors (Lipinski definition) is 5. The van der Waals surface area contributed by atoms with E-state index in [2.05, 4.69) is 31.2 Å². The lowest BCUT2D eigenvalue weighted by molar-refractivity contribution is -0.137. The molecule has 2 aromatic carbocycles. The van der Waals surface area contributed by atoms with E-state index in [-0.39, 0.29) is 12.8 Å². The molecule has 2 atom stereocenters. The van der Waals surface area contributed by atoms with Crippen LogP contribution in [0.25, 0.3) is 10.9 Å². The van der Waals surface area contributed by atoms with E-state index in [1.54, 1.807) is 24.3 Å². The summed E-state index contributed by atoms with van der Waals surface area (Å²) < 4.78 is 0.878. The van der Waals surface area contributed by atoms with Crippen molar-refractivity contribution in [2.75, 3.05) is 17.7 Å². The molecule has 0 spiro atoms. The number of nitrogen functional groups attached to an aromatic ring is 1. The van der Waals surface area contributed by atoms with Crippen molar-refractivity contribution in [1.82, 2.24) is 9.97 Å². The van der Waals surface area contributed by atoms with Crippen molar-refractivity contribution in [3.63, 3.8) is 0 Å². The number of aliphatic hydroxyl groups is 2. The fourth-order valence-electron chi connectivity index (χ4n) is 3.13. The maximum Gasteiger partial charge on any atom is 0.303 e. The first kappa shape index (κ1) is 21.0. The summed E-state index contributed by atoms with van der Waals surface area (Å²) in [4.78, 5) is 20.0. The van der Waals surface area contributed by atoms with Gasteiger partial charge in [0.1, 0.15) is 5.82 Å². The number of hydrogen-bond acceptors (Lipinski definition) is 7. The lowest BCUT2D eigenvalue weighted by Gasteiger charge is -2.19. The first-order valence-corrected chi connectivity index (χ1v) is 9.75. The molecule has 2 unspecified atom stereocenters. The Morgan fingerprint density at radius 2 is 2.00 bits per heavy atom. The number of aromatic nitrogens is 2. The Kier molecular flexibility index (Phi) is 6.63. The summed E-state index contributed by atoms with van der Waals surface area (Å²) in [5.41, 5.74) is 8.13. The third-order valence-electron chi connectivity index (χ3n) is 4.49. The van der Waals surface area contributed by atoms with Crippen molar-refractivity contribution >= 4 is 50.3 Å². The summed E-state index contributed by atoms with van der Waals surface area (Å²) >= 11 is 3.40. The number of nitrogens with one attached hydrogen (secondary N) is 1. The Bertz CT molecular complexity index is 1030. The molecule has 0 aliphatic rings. The van der Waals surface area contributed by atoms with Crippen molar-refractivity contribution in [2.24, 2.45) is 0 Å². The zero-order chi connectivity index (χ0) is 21.0. The molecular formula is C20H21BrN4O4. The molecule has 152 valence electrons. The molecule has 9 heteroatoms. The highest BCUT2D eigenvalue weighted by Gasteiger charge is 2.20. The molecular weight excluding hydrogens is 440 g/mol. The van der Waals surface area contributed by atoms with E-state index in [1.165, 1.54) is 0 Å². The number of benzene rings is 2. The molecule has 0 aliphatic carbocycles. The smallest absolute Gasteiger partial charge is 0.303 e. The van der Waals surface area contributed by atoms with Crippen LogP contribution < -0.4 is 11.1 Å². The highest BCUT2D eigenvalue weighted by Crippen LogP contribution is 2.29.